The minimum Gasteiger partial charge on any atom is -0.405 e. The van der Waals surface area contributed by atoms with Gasteiger partial charge in [-0.05, 0) is 52.2 Å². The molecule has 0 aromatic heterocycles. The molecule has 0 saturated carbocycles. The molecule has 6 heteroatoms. The molecular weight excluding hydrogens is 347 g/mol. The Bertz CT molecular complexity index is 629. The predicted octanol–water partition coefficient (Wildman–Crippen LogP) is 5.27. The van der Waals surface area contributed by atoms with Crippen molar-refractivity contribution in [2.24, 2.45) is 0 Å². The third-order valence-electron chi connectivity index (χ3n) is 2.90. The number of hydrogen-bond donors (Lipinski definition) is 1. The van der Waals surface area contributed by atoms with Gasteiger partial charge in [-0.1, -0.05) is 24.3 Å². The fourth-order valence-corrected chi connectivity index (χ4v) is 2.28. The van der Waals surface area contributed by atoms with Crippen molar-refractivity contribution in [3.8, 4) is 5.75 Å². The first-order chi connectivity index (χ1) is 9.85. The maximum absolute atomic E-state index is 12.2. The molecule has 0 spiro atoms. The summed E-state index contributed by atoms with van der Waals surface area (Å²) in [5, 5.41) is 3.17. The summed E-state index contributed by atoms with van der Waals surface area (Å²) < 4.78 is 40.7. The van der Waals surface area contributed by atoms with E-state index in [9.17, 15) is 13.2 Å². The largest absolute Gasteiger partial charge is 0.573 e. The molecule has 0 amide bonds. The molecule has 0 atom stereocenters. The lowest BCUT2D eigenvalue weighted by atomic mass is 10.1. The average Bonchev–Trinajstić information content (AvgIpc) is 2.39. The van der Waals surface area contributed by atoms with Gasteiger partial charge < -0.3 is 10.1 Å². The van der Waals surface area contributed by atoms with Gasteiger partial charge in [0.15, 0.2) is 0 Å². The summed E-state index contributed by atoms with van der Waals surface area (Å²) in [6.07, 6.45) is -4.70. The predicted molar refractivity (Wildman–Crippen MR) is 79.3 cm³/mol. The highest BCUT2D eigenvalue weighted by Gasteiger charge is 2.31. The lowest BCUT2D eigenvalue weighted by molar-refractivity contribution is -0.274. The minimum atomic E-state index is -4.70. The molecule has 0 aliphatic rings. The first-order valence-electron chi connectivity index (χ1n) is 6.19. The van der Waals surface area contributed by atoms with E-state index >= 15 is 0 Å². The molecule has 0 bridgehead atoms. The molecule has 0 unspecified atom stereocenters. The Morgan fingerprint density at radius 2 is 1.86 bits per heavy atom. The third-order valence-corrected chi connectivity index (χ3v) is 3.52. The van der Waals surface area contributed by atoms with Crippen LogP contribution in [0.1, 0.15) is 11.1 Å². The molecule has 0 heterocycles. The molecule has 0 aliphatic carbocycles. The highest BCUT2D eigenvalue weighted by atomic mass is 79.9. The molecular formula is C15H13BrF3NO. The number of hydrogen-bond acceptors (Lipinski definition) is 2. The number of halogens is 4. The molecule has 2 nitrogen and oxygen atoms in total. The first kappa shape index (κ1) is 15.7. The van der Waals surface area contributed by atoms with E-state index < -0.39 is 6.36 Å². The van der Waals surface area contributed by atoms with Crippen molar-refractivity contribution in [1.82, 2.24) is 0 Å². The summed E-state index contributed by atoms with van der Waals surface area (Å²) in [6, 6.07) is 12.3. The number of nitrogens with one attached hydrogen (secondary N) is 1. The van der Waals surface area contributed by atoms with Gasteiger partial charge >= 0.3 is 6.36 Å². The van der Waals surface area contributed by atoms with Crippen LogP contribution >= 0.6 is 15.9 Å². The van der Waals surface area contributed by atoms with E-state index in [0.717, 1.165) is 11.1 Å². The highest BCUT2D eigenvalue weighted by molar-refractivity contribution is 9.10. The van der Waals surface area contributed by atoms with Gasteiger partial charge in [0.05, 0.1) is 4.47 Å². The van der Waals surface area contributed by atoms with E-state index in [1.54, 1.807) is 12.1 Å². The summed E-state index contributed by atoms with van der Waals surface area (Å²) in [6.45, 7) is 2.60. The summed E-state index contributed by atoms with van der Waals surface area (Å²) in [5.41, 5.74) is 2.99. The van der Waals surface area contributed by atoms with Crippen LogP contribution in [0.3, 0.4) is 0 Å². The Balaban J connectivity index is 2.05. The van der Waals surface area contributed by atoms with Crippen molar-refractivity contribution in [3.05, 3.63) is 58.1 Å². The number of benzene rings is 2. The molecule has 0 radical (unpaired) electrons. The van der Waals surface area contributed by atoms with Gasteiger partial charge in [-0.25, -0.2) is 0 Å². The Hall–Kier alpha value is -1.69. The van der Waals surface area contributed by atoms with E-state index in [1.807, 2.05) is 31.2 Å². The fourth-order valence-electron chi connectivity index (χ4n) is 1.82. The molecule has 0 saturated heterocycles. The Kier molecular flexibility index (Phi) is 4.77. The second-order valence-electron chi connectivity index (χ2n) is 4.47. The van der Waals surface area contributed by atoms with Crippen molar-refractivity contribution in [1.29, 1.82) is 0 Å². The van der Waals surface area contributed by atoms with Gasteiger partial charge in [0.2, 0.25) is 0 Å². The lowest BCUT2D eigenvalue weighted by Crippen LogP contribution is -2.17. The zero-order valence-corrected chi connectivity index (χ0v) is 12.8. The third kappa shape index (κ3) is 4.67. The standard InChI is InChI=1S/C15H13BrF3NO/c1-10-4-2-3-5-11(10)9-20-12-6-7-14(13(16)8-12)21-15(17,18)19/h2-8,20H,9H2,1H3. The second-order valence-corrected chi connectivity index (χ2v) is 5.33. The van der Waals surface area contributed by atoms with Crippen LogP contribution in [0, 0.1) is 6.92 Å². The molecule has 112 valence electrons. The molecule has 0 fully saturated rings. The Morgan fingerprint density at radius 1 is 1.14 bits per heavy atom. The van der Waals surface area contributed by atoms with Crippen LogP contribution in [0.5, 0.6) is 5.75 Å². The number of rotatable bonds is 4. The van der Waals surface area contributed by atoms with Crippen molar-refractivity contribution >= 4 is 21.6 Å². The summed E-state index contributed by atoms with van der Waals surface area (Å²) in [5.74, 6) is -0.260. The van der Waals surface area contributed by atoms with Gasteiger partial charge in [0.1, 0.15) is 5.75 Å². The van der Waals surface area contributed by atoms with Crippen LogP contribution in [0.15, 0.2) is 46.9 Å². The van der Waals surface area contributed by atoms with Crippen molar-refractivity contribution < 1.29 is 17.9 Å². The van der Waals surface area contributed by atoms with Crippen LogP contribution in [0.2, 0.25) is 0 Å². The maximum atomic E-state index is 12.2. The summed E-state index contributed by atoms with van der Waals surface area (Å²) in [4.78, 5) is 0. The van der Waals surface area contributed by atoms with Crippen LogP contribution in [0.25, 0.3) is 0 Å². The van der Waals surface area contributed by atoms with Crippen LogP contribution in [-0.4, -0.2) is 6.36 Å². The molecule has 2 aromatic carbocycles. The van der Waals surface area contributed by atoms with E-state index in [0.29, 0.717) is 12.2 Å². The van der Waals surface area contributed by atoms with Gasteiger partial charge in [-0.2, -0.15) is 0 Å². The van der Waals surface area contributed by atoms with Gasteiger partial charge in [0, 0.05) is 12.2 Å². The number of alkyl halides is 3. The van der Waals surface area contributed by atoms with E-state index in [2.05, 4.69) is 26.0 Å². The smallest absolute Gasteiger partial charge is 0.405 e. The molecule has 2 aromatic rings. The van der Waals surface area contributed by atoms with Crippen molar-refractivity contribution in [2.45, 2.75) is 19.8 Å². The first-order valence-corrected chi connectivity index (χ1v) is 6.98. The zero-order chi connectivity index (χ0) is 15.5. The van der Waals surface area contributed by atoms with E-state index in [1.165, 1.54) is 6.07 Å². The minimum absolute atomic E-state index is 0.245. The average molecular weight is 360 g/mol. The van der Waals surface area contributed by atoms with Crippen LogP contribution in [0.4, 0.5) is 18.9 Å². The monoisotopic (exact) mass is 359 g/mol. The van der Waals surface area contributed by atoms with E-state index in [4.69, 9.17) is 0 Å². The lowest BCUT2D eigenvalue weighted by Gasteiger charge is -2.13. The van der Waals surface area contributed by atoms with Gasteiger partial charge in [-0.15, -0.1) is 13.2 Å². The zero-order valence-electron chi connectivity index (χ0n) is 11.2. The summed E-state index contributed by atoms with van der Waals surface area (Å²) >= 11 is 3.08. The normalized spacial score (nSPS) is 11.3. The van der Waals surface area contributed by atoms with Crippen molar-refractivity contribution in [2.75, 3.05) is 5.32 Å². The molecule has 2 rings (SSSR count). The molecule has 1 N–H and O–H groups in total. The van der Waals surface area contributed by atoms with Gasteiger partial charge in [0.25, 0.3) is 0 Å². The SMILES string of the molecule is Cc1ccccc1CNc1ccc(OC(F)(F)F)c(Br)c1. The fraction of sp³-hybridized carbons (Fsp3) is 0.200. The topological polar surface area (TPSA) is 21.3 Å². The Labute approximate surface area is 129 Å². The second kappa shape index (κ2) is 6.39. The van der Waals surface area contributed by atoms with Gasteiger partial charge in [-0.3, -0.25) is 0 Å². The quantitative estimate of drug-likeness (QED) is 0.802. The molecule has 21 heavy (non-hydrogen) atoms. The number of aryl methyl sites for hydroxylation is 1. The Morgan fingerprint density at radius 3 is 2.48 bits per heavy atom. The van der Waals surface area contributed by atoms with Crippen LogP contribution < -0.4 is 10.1 Å². The van der Waals surface area contributed by atoms with Crippen molar-refractivity contribution in [3.63, 3.8) is 0 Å². The molecule has 0 aliphatic heterocycles. The number of anilines is 1. The summed E-state index contributed by atoms with van der Waals surface area (Å²) in [7, 11) is 0. The number of ether oxygens (including phenoxy) is 1. The van der Waals surface area contributed by atoms with Crippen LogP contribution in [-0.2, 0) is 6.54 Å². The van der Waals surface area contributed by atoms with E-state index in [-0.39, 0.29) is 10.2 Å². The maximum Gasteiger partial charge on any atom is 0.573 e. The highest BCUT2D eigenvalue weighted by Crippen LogP contribution is 2.32.